The maximum absolute atomic E-state index is 11.5. The van der Waals surface area contributed by atoms with Gasteiger partial charge in [-0.15, -0.1) is 23.1 Å². The standard InChI is InChI=1S/C24H22ClN3O2S2/c1-13-5-4-6-17-16(14(2)32-23(13)17)7-8-26-21-11-19(27-12-28-21)15-9-18(25)22(24(29)30)20(10-15)31-3/h4-6,9-12H,7-8H2,1-3H3,(H,29,30)(H,26,27,28). The largest absolute Gasteiger partial charge is 0.478 e. The molecular formula is C24H22ClN3O2S2. The lowest BCUT2D eigenvalue weighted by Gasteiger charge is -2.11. The lowest BCUT2D eigenvalue weighted by molar-refractivity contribution is 0.0693. The summed E-state index contributed by atoms with van der Waals surface area (Å²) < 4.78 is 1.36. The topological polar surface area (TPSA) is 75.1 Å². The van der Waals surface area contributed by atoms with Crippen LogP contribution < -0.4 is 5.32 Å². The van der Waals surface area contributed by atoms with Crippen molar-refractivity contribution in [2.24, 2.45) is 0 Å². The molecule has 0 aliphatic rings. The summed E-state index contributed by atoms with van der Waals surface area (Å²) in [7, 11) is 0. The summed E-state index contributed by atoms with van der Waals surface area (Å²) in [4.78, 5) is 22.2. The van der Waals surface area contributed by atoms with Crippen molar-refractivity contribution in [3.63, 3.8) is 0 Å². The Balaban J connectivity index is 1.54. The first kappa shape index (κ1) is 22.6. The van der Waals surface area contributed by atoms with Crippen molar-refractivity contribution >= 4 is 56.6 Å². The fourth-order valence-electron chi connectivity index (χ4n) is 3.77. The van der Waals surface area contributed by atoms with E-state index in [1.807, 2.05) is 23.7 Å². The van der Waals surface area contributed by atoms with Crippen LogP contribution in [0.4, 0.5) is 5.82 Å². The van der Waals surface area contributed by atoms with Crippen molar-refractivity contribution in [2.75, 3.05) is 18.1 Å². The Morgan fingerprint density at radius 3 is 2.78 bits per heavy atom. The predicted octanol–water partition coefficient (Wildman–Crippen LogP) is 6.70. The molecule has 32 heavy (non-hydrogen) atoms. The summed E-state index contributed by atoms with van der Waals surface area (Å²) in [6.45, 7) is 5.07. The van der Waals surface area contributed by atoms with E-state index >= 15 is 0 Å². The summed E-state index contributed by atoms with van der Waals surface area (Å²) in [5.41, 5.74) is 4.24. The molecule has 0 saturated carbocycles. The van der Waals surface area contributed by atoms with Crippen molar-refractivity contribution < 1.29 is 9.90 Å². The van der Waals surface area contributed by atoms with Crippen LogP contribution in [0.25, 0.3) is 21.3 Å². The number of aryl methyl sites for hydroxylation is 2. The predicted molar refractivity (Wildman–Crippen MR) is 135 cm³/mol. The second-order valence-electron chi connectivity index (χ2n) is 7.39. The maximum Gasteiger partial charge on any atom is 0.338 e. The first-order valence-electron chi connectivity index (χ1n) is 10.0. The minimum Gasteiger partial charge on any atom is -0.478 e. The van der Waals surface area contributed by atoms with Crippen LogP contribution in [0.1, 0.15) is 26.4 Å². The highest BCUT2D eigenvalue weighted by atomic mass is 35.5. The van der Waals surface area contributed by atoms with Gasteiger partial charge in [0.25, 0.3) is 0 Å². The van der Waals surface area contributed by atoms with Crippen LogP contribution in [0.5, 0.6) is 0 Å². The number of nitrogens with one attached hydrogen (secondary N) is 1. The molecule has 164 valence electrons. The number of thioether (sulfide) groups is 1. The molecule has 0 radical (unpaired) electrons. The van der Waals surface area contributed by atoms with Crippen molar-refractivity contribution in [3.8, 4) is 11.3 Å². The first-order chi connectivity index (χ1) is 15.4. The highest BCUT2D eigenvalue weighted by Crippen LogP contribution is 2.34. The first-order valence-corrected chi connectivity index (χ1v) is 12.5. The lowest BCUT2D eigenvalue weighted by Crippen LogP contribution is -2.07. The highest BCUT2D eigenvalue weighted by molar-refractivity contribution is 7.98. The Kier molecular flexibility index (Phi) is 6.69. The van der Waals surface area contributed by atoms with Crippen LogP contribution in [0.15, 0.2) is 47.6 Å². The molecule has 2 N–H and O–H groups in total. The number of hydrogen-bond acceptors (Lipinski definition) is 6. The number of aromatic carboxylic acids is 1. The van der Waals surface area contributed by atoms with Crippen LogP contribution in [0.2, 0.25) is 5.02 Å². The van der Waals surface area contributed by atoms with Crippen LogP contribution in [0.3, 0.4) is 0 Å². The number of benzene rings is 2. The summed E-state index contributed by atoms with van der Waals surface area (Å²) >= 11 is 9.45. The molecule has 5 nitrogen and oxygen atoms in total. The monoisotopic (exact) mass is 483 g/mol. The zero-order chi connectivity index (χ0) is 22.8. The van der Waals surface area contributed by atoms with Gasteiger partial charge in [-0.05, 0) is 55.2 Å². The van der Waals surface area contributed by atoms with Crippen LogP contribution in [0, 0.1) is 13.8 Å². The Morgan fingerprint density at radius 2 is 2.03 bits per heavy atom. The van der Waals surface area contributed by atoms with Crippen molar-refractivity contribution in [2.45, 2.75) is 25.2 Å². The number of anilines is 1. The van der Waals surface area contributed by atoms with Gasteiger partial charge >= 0.3 is 5.97 Å². The Labute approximate surface area is 199 Å². The van der Waals surface area contributed by atoms with E-state index in [4.69, 9.17) is 11.6 Å². The third-order valence-electron chi connectivity index (χ3n) is 5.35. The number of fused-ring (bicyclic) bond motifs is 1. The maximum atomic E-state index is 11.5. The fraction of sp³-hybridized carbons (Fsp3) is 0.208. The van der Waals surface area contributed by atoms with Gasteiger partial charge in [0, 0.05) is 32.6 Å². The summed E-state index contributed by atoms with van der Waals surface area (Å²) in [6.07, 6.45) is 4.22. The van der Waals surface area contributed by atoms with Crippen LogP contribution >= 0.6 is 34.7 Å². The van der Waals surface area contributed by atoms with Gasteiger partial charge in [0.15, 0.2) is 0 Å². The molecule has 0 aliphatic heterocycles. The molecule has 0 spiro atoms. The lowest BCUT2D eigenvalue weighted by atomic mass is 10.1. The van der Waals surface area contributed by atoms with E-state index in [0.717, 1.165) is 18.5 Å². The molecule has 4 aromatic rings. The van der Waals surface area contributed by atoms with Gasteiger partial charge in [0.05, 0.1) is 16.3 Å². The third kappa shape index (κ3) is 4.46. The summed E-state index contributed by atoms with van der Waals surface area (Å²) in [5.74, 6) is -0.324. The van der Waals surface area contributed by atoms with E-state index in [1.54, 1.807) is 12.1 Å². The van der Waals surface area contributed by atoms with Crippen LogP contribution in [-0.2, 0) is 6.42 Å². The number of halogens is 1. The third-order valence-corrected chi connectivity index (χ3v) is 7.71. The second kappa shape index (κ2) is 9.48. The fourth-order valence-corrected chi connectivity index (χ4v) is 5.94. The highest BCUT2D eigenvalue weighted by Gasteiger charge is 2.17. The summed E-state index contributed by atoms with van der Waals surface area (Å²) in [6, 6.07) is 11.8. The Bertz CT molecular complexity index is 1320. The van der Waals surface area contributed by atoms with Crippen molar-refractivity contribution in [1.82, 2.24) is 9.97 Å². The molecule has 0 atom stereocenters. The normalized spacial score (nSPS) is 11.1. The zero-order valence-electron chi connectivity index (χ0n) is 17.9. The zero-order valence-corrected chi connectivity index (χ0v) is 20.3. The molecule has 2 heterocycles. The molecular weight excluding hydrogens is 462 g/mol. The number of aromatic nitrogens is 2. The molecule has 2 aromatic heterocycles. The average Bonchev–Trinajstić information content (AvgIpc) is 3.09. The quantitative estimate of drug-likeness (QED) is 0.285. The molecule has 0 saturated heterocycles. The van der Waals surface area contributed by atoms with Gasteiger partial charge in [-0.3, -0.25) is 0 Å². The van der Waals surface area contributed by atoms with Gasteiger partial charge in [-0.1, -0.05) is 29.8 Å². The van der Waals surface area contributed by atoms with E-state index in [1.165, 1.54) is 44.2 Å². The number of carbonyl (C=O) groups is 1. The Hall–Kier alpha value is -2.61. The number of carboxylic acid groups (broad SMARTS) is 1. The van der Waals surface area contributed by atoms with Crippen LogP contribution in [-0.4, -0.2) is 33.8 Å². The van der Waals surface area contributed by atoms with Gasteiger partial charge in [-0.25, -0.2) is 14.8 Å². The molecule has 0 aliphatic carbocycles. The molecule has 0 unspecified atom stereocenters. The van der Waals surface area contributed by atoms with Crippen molar-refractivity contribution in [3.05, 3.63) is 69.3 Å². The molecule has 0 amide bonds. The minimum atomic E-state index is -1.04. The van der Waals surface area contributed by atoms with Gasteiger partial charge < -0.3 is 10.4 Å². The number of thiophene rings is 1. The number of hydrogen-bond donors (Lipinski definition) is 2. The number of rotatable bonds is 7. The Morgan fingerprint density at radius 1 is 1.22 bits per heavy atom. The molecule has 0 bridgehead atoms. The number of carboxylic acids is 1. The van der Waals surface area contributed by atoms with E-state index < -0.39 is 5.97 Å². The smallest absolute Gasteiger partial charge is 0.338 e. The van der Waals surface area contributed by atoms with E-state index in [2.05, 4.69) is 47.3 Å². The molecule has 8 heteroatoms. The molecule has 2 aromatic carbocycles. The average molecular weight is 484 g/mol. The van der Waals surface area contributed by atoms with E-state index in [0.29, 0.717) is 16.4 Å². The van der Waals surface area contributed by atoms with Gasteiger partial charge in [-0.2, -0.15) is 0 Å². The van der Waals surface area contributed by atoms with Gasteiger partial charge in [0.2, 0.25) is 0 Å². The van der Waals surface area contributed by atoms with Gasteiger partial charge in [0.1, 0.15) is 12.1 Å². The van der Waals surface area contributed by atoms with Crippen molar-refractivity contribution in [1.29, 1.82) is 0 Å². The van der Waals surface area contributed by atoms with E-state index in [-0.39, 0.29) is 10.6 Å². The second-order valence-corrected chi connectivity index (χ2v) is 9.87. The minimum absolute atomic E-state index is 0.115. The number of nitrogens with zero attached hydrogens (tertiary/aromatic N) is 2. The molecule has 0 fully saturated rings. The summed E-state index contributed by atoms with van der Waals surface area (Å²) in [5, 5.41) is 14.3. The van der Waals surface area contributed by atoms with E-state index in [9.17, 15) is 9.90 Å². The SMILES string of the molecule is CSc1cc(-c2cc(NCCc3c(C)sc4c(C)cccc34)ncn2)cc(Cl)c1C(=O)O. The molecule has 4 rings (SSSR count).